The summed E-state index contributed by atoms with van der Waals surface area (Å²) in [5.74, 6) is 0.109. The molecular formula is C17H19ClN2O. The lowest BCUT2D eigenvalue weighted by Crippen LogP contribution is -2.08. The van der Waals surface area contributed by atoms with Gasteiger partial charge in [0.25, 0.3) is 0 Å². The Kier molecular flexibility index (Phi) is 3.85. The van der Waals surface area contributed by atoms with Crippen LogP contribution in [-0.2, 0) is 32.7 Å². The minimum Gasteiger partial charge on any atom is -0.294 e. The van der Waals surface area contributed by atoms with Gasteiger partial charge in [-0.2, -0.15) is 5.10 Å². The van der Waals surface area contributed by atoms with Gasteiger partial charge in [0.15, 0.2) is 5.78 Å². The highest BCUT2D eigenvalue weighted by molar-refractivity contribution is 6.32. The second kappa shape index (κ2) is 5.64. The van der Waals surface area contributed by atoms with Crippen LogP contribution in [0.3, 0.4) is 0 Å². The Morgan fingerprint density at radius 2 is 2.10 bits per heavy atom. The number of aromatic nitrogens is 2. The average Bonchev–Trinajstić information content (AvgIpc) is 3.05. The lowest BCUT2D eigenvalue weighted by atomic mass is 10.0. The predicted molar refractivity (Wildman–Crippen MR) is 84.1 cm³/mol. The van der Waals surface area contributed by atoms with Gasteiger partial charge in [0, 0.05) is 12.6 Å². The van der Waals surface area contributed by atoms with Crippen LogP contribution in [0.2, 0.25) is 5.02 Å². The Bertz CT molecular complexity index is 703. The van der Waals surface area contributed by atoms with Crippen molar-refractivity contribution in [1.82, 2.24) is 9.78 Å². The van der Waals surface area contributed by atoms with Gasteiger partial charge in [0.1, 0.15) is 0 Å². The number of Topliss-reactive ketones (excluding diaryl/α,β-unsaturated/α-hetero) is 1. The maximum absolute atomic E-state index is 12.5. The zero-order chi connectivity index (χ0) is 15.0. The van der Waals surface area contributed by atoms with Gasteiger partial charge in [-0.3, -0.25) is 9.48 Å². The number of carbonyl (C=O) groups is 1. The van der Waals surface area contributed by atoms with Gasteiger partial charge in [0.05, 0.1) is 22.8 Å². The first-order chi connectivity index (χ1) is 10.1. The number of hydrogen-bond acceptors (Lipinski definition) is 2. The molecule has 3 nitrogen and oxygen atoms in total. The monoisotopic (exact) mass is 302 g/mol. The number of nitrogens with zero attached hydrogens (tertiary/aromatic N) is 2. The largest absolute Gasteiger partial charge is 0.294 e. The molecule has 0 aliphatic heterocycles. The van der Waals surface area contributed by atoms with Crippen LogP contribution in [0.15, 0.2) is 18.2 Å². The molecule has 0 saturated heterocycles. The first-order valence-corrected chi connectivity index (χ1v) is 7.83. The molecule has 1 aliphatic rings. The van der Waals surface area contributed by atoms with Crippen LogP contribution in [-0.4, -0.2) is 15.6 Å². The third-order valence-electron chi connectivity index (χ3n) is 4.25. The molecule has 0 saturated carbocycles. The van der Waals surface area contributed by atoms with Crippen molar-refractivity contribution in [3.8, 4) is 0 Å². The molecule has 110 valence electrons. The summed E-state index contributed by atoms with van der Waals surface area (Å²) in [6, 6.07) is 6.09. The zero-order valence-electron chi connectivity index (χ0n) is 12.4. The molecule has 4 heteroatoms. The number of aryl methyl sites for hydroxylation is 4. The molecule has 0 radical (unpaired) electrons. The summed E-state index contributed by atoms with van der Waals surface area (Å²) < 4.78 is 1.73. The second-order valence-corrected chi connectivity index (χ2v) is 6.00. The lowest BCUT2D eigenvalue weighted by Gasteiger charge is -2.05. The standard InChI is InChI=1S/C17H19ClN2O/c1-3-14-17(18)15(20(2)19-14)10-16(21)13-8-7-11-5-4-6-12(11)9-13/h7-9H,3-6,10H2,1-2H3. The van der Waals surface area contributed by atoms with E-state index in [1.807, 2.05) is 20.0 Å². The van der Waals surface area contributed by atoms with Crippen LogP contribution in [0, 0.1) is 0 Å². The quantitative estimate of drug-likeness (QED) is 0.810. The zero-order valence-corrected chi connectivity index (χ0v) is 13.2. The third kappa shape index (κ3) is 2.62. The molecule has 21 heavy (non-hydrogen) atoms. The second-order valence-electron chi connectivity index (χ2n) is 5.62. The highest BCUT2D eigenvalue weighted by atomic mass is 35.5. The van der Waals surface area contributed by atoms with Crippen LogP contribution in [0.5, 0.6) is 0 Å². The molecule has 1 aliphatic carbocycles. The van der Waals surface area contributed by atoms with Crippen molar-refractivity contribution in [2.24, 2.45) is 7.05 Å². The molecule has 1 aromatic heterocycles. The fraction of sp³-hybridized carbons (Fsp3) is 0.412. The van der Waals surface area contributed by atoms with Gasteiger partial charge in [-0.25, -0.2) is 0 Å². The van der Waals surface area contributed by atoms with Crippen LogP contribution in [0.4, 0.5) is 0 Å². The van der Waals surface area contributed by atoms with Gasteiger partial charge in [0.2, 0.25) is 0 Å². The van der Waals surface area contributed by atoms with Crippen molar-refractivity contribution in [3.63, 3.8) is 0 Å². The van der Waals surface area contributed by atoms with E-state index in [0.717, 1.165) is 36.2 Å². The number of ketones is 1. The molecule has 0 spiro atoms. The van der Waals surface area contributed by atoms with Crippen molar-refractivity contribution in [1.29, 1.82) is 0 Å². The first kappa shape index (κ1) is 14.3. The molecular weight excluding hydrogens is 284 g/mol. The summed E-state index contributed by atoms with van der Waals surface area (Å²) in [4.78, 5) is 12.5. The van der Waals surface area contributed by atoms with E-state index >= 15 is 0 Å². The summed E-state index contributed by atoms with van der Waals surface area (Å²) in [7, 11) is 1.84. The molecule has 0 fully saturated rings. The highest BCUT2D eigenvalue weighted by Gasteiger charge is 2.19. The van der Waals surface area contributed by atoms with Gasteiger partial charge >= 0.3 is 0 Å². The van der Waals surface area contributed by atoms with Crippen molar-refractivity contribution >= 4 is 17.4 Å². The van der Waals surface area contributed by atoms with E-state index in [1.165, 1.54) is 17.5 Å². The molecule has 0 amide bonds. The fourth-order valence-electron chi connectivity index (χ4n) is 3.01. The Hall–Kier alpha value is -1.61. The molecule has 1 heterocycles. The molecule has 2 aromatic rings. The minimum absolute atomic E-state index is 0.109. The SMILES string of the molecule is CCc1nn(C)c(CC(=O)c2ccc3c(c2)CCC3)c1Cl. The van der Waals surface area contributed by atoms with Gasteiger partial charge < -0.3 is 0 Å². The number of benzene rings is 1. The number of carbonyl (C=O) groups excluding carboxylic acids is 1. The molecule has 3 rings (SSSR count). The van der Waals surface area contributed by atoms with E-state index in [9.17, 15) is 4.79 Å². The number of fused-ring (bicyclic) bond motifs is 1. The summed E-state index contributed by atoms with van der Waals surface area (Å²) in [5, 5.41) is 5.00. The Balaban J connectivity index is 1.85. The summed E-state index contributed by atoms with van der Waals surface area (Å²) >= 11 is 6.32. The maximum Gasteiger partial charge on any atom is 0.168 e. The first-order valence-electron chi connectivity index (χ1n) is 7.45. The number of hydrogen-bond donors (Lipinski definition) is 0. The summed E-state index contributed by atoms with van der Waals surface area (Å²) in [6.07, 6.45) is 4.50. The van der Waals surface area contributed by atoms with Gasteiger partial charge in [-0.05, 0) is 42.9 Å². The molecule has 0 bridgehead atoms. The Morgan fingerprint density at radius 3 is 2.81 bits per heavy atom. The van der Waals surface area contributed by atoms with Crippen LogP contribution < -0.4 is 0 Å². The molecule has 0 unspecified atom stereocenters. The van der Waals surface area contributed by atoms with Gasteiger partial charge in [-0.1, -0.05) is 30.7 Å². The van der Waals surface area contributed by atoms with Gasteiger partial charge in [-0.15, -0.1) is 0 Å². The average molecular weight is 303 g/mol. The molecule has 0 N–H and O–H groups in total. The van der Waals surface area contributed by atoms with E-state index in [4.69, 9.17) is 11.6 Å². The summed E-state index contributed by atoms with van der Waals surface area (Å²) in [6.45, 7) is 2.01. The Labute approximate surface area is 129 Å². The van der Waals surface area contributed by atoms with Crippen LogP contribution >= 0.6 is 11.6 Å². The number of rotatable bonds is 4. The van der Waals surface area contributed by atoms with E-state index in [-0.39, 0.29) is 5.78 Å². The smallest absolute Gasteiger partial charge is 0.168 e. The van der Waals surface area contributed by atoms with Crippen LogP contribution in [0.25, 0.3) is 0 Å². The number of halogens is 1. The van der Waals surface area contributed by atoms with Crippen molar-refractivity contribution in [2.45, 2.75) is 39.0 Å². The Morgan fingerprint density at radius 1 is 1.33 bits per heavy atom. The highest BCUT2D eigenvalue weighted by Crippen LogP contribution is 2.25. The fourth-order valence-corrected chi connectivity index (χ4v) is 3.37. The predicted octanol–water partition coefficient (Wildman–Crippen LogP) is 3.55. The topological polar surface area (TPSA) is 34.9 Å². The third-order valence-corrected chi connectivity index (χ3v) is 4.69. The van der Waals surface area contributed by atoms with Crippen molar-refractivity contribution < 1.29 is 4.79 Å². The summed E-state index contributed by atoms with van der Waals surface area (Å²) in [5.41, 5.74) is 5.16. The van der Waals surface area contributed by atoms with Crippen LogP contribution in [0.1, 0.15) is 46.2 Å². The molecule has 1 aromatic carbocycles. The van der Waals surface area contributed by atoms with E-state index in [1.54, 1.807) is 4.68 Å². The van der Waals surface area contributed by atoms with Crippen molar-refractivity contribution in [2.75, 3.05) is 0 Å². The maximum atomic E-state index is 12.5. The normalized spacial score (nSPS) is 13.5. The molecule has 0 atom stereocenters. The van der Waals surface area contributed by atoms with E-state index < -0.39 is 0 Å². The van der Waals surface area contributed by atoms with E-state index in [2.05, 4.69) is 17.2 Å². The van der Waals surface area contributed by atoms with Crippen molar-refractivity contribution in [3.05, 3.63) is 51.3 Å². The van der Waals surface area contributed by atoms with E-state index in [0.29, 0.717) is 11.4 Å². The lowest BCUT2D eigenvalue weighted by molar-refractivity contribution is 0.0990. The minimum atomic E-state index is 0.109.